The first-order valence-corrected chi connectivity index (χ1v) is 13.3. The normalized spacial score (nSPS) is 14.1. The van der Waals surface area contributed by atoms with Gasteiger partial charge in [0.1, 0.15) is 23.0 Å². The highest BCUT2D eigenvalue weighted by Gasteiger charge is 2.18. The van der Waals surface area contributed by atoms with E-state index in [2.05, 4.69) is 69.8 Å². The van der Waals surface area contributed by atoms with E-state index >= 15 is 0 Å². The third-order valence-electron chi connectivity index (χ3n) is 6.73. The summed E-state index contributed by atoms with van der Waals surface area (Å²) in [5.41, 5.74) is 2.27. The van der Waals surface area contributed by atoms with Crippen LogP contribution >= 0.6 is 0 Å². The van der Waals surface area contributed by atoms with Gasteiger partial charge in [-0.25, -0.2) is 4.98 Å². The van der Waals surface area contributed by atoms with Gasteiger partial charge in [-0.1, -0.05) is 19.9 Å². The number of likely N-dealkylation sites (N-methyl/N-ethyl adjacent to an activating group) is 1. The van der Waals surface area contributed by atoms with Crippen molar-refractivity contribution in [1.82, 2.24) is 24.7 Å². The number of aromatic nitrogens is 2. The number of hydrogen-bond acceptors (Lipinski definition) is 6. The molecule has 0 saturated heterocycles. The Bertz CT molecular complexity index is 1050. The number of aliphatic imine (C=N–C) groups is 1. The molecule has 0 radical (unpaired) electrons. The Hall–Kier alpha value is -2.64. The van der Waals surface area contributed by atoms with Gasteiger partial charge in [0.05, 0.1) is 19.6 Å². The van der Waals surface area contributed by atoms with Gasteiger partial charge in [-0.05, 0) is 69.1 Å². The van der Waals surface area contributed by atoms with Crippen molar-refractivity contribution in [2.45, 2.75) is 59.0 Å². The Balaban J connectivity index is 1.36. The number of amidine groups is 1. The van der Waals surface area contributed by atoms with Gasteiger partial charge in [0.25, 0.3) is 0 Å². The second-order valence-electron chi connectivity index (χ2n) is 9.78. The first-order chi connectivity index (χ1) is 17.1. The molecule has 1 N–H and O–H groups in total. The highest BCUT2D eigenvalue weighted by Crippen LogP contribution is 2.23. The van der Waals surface area contributed by atoms with Gasteiger partial charge in [-0.3, -0.25) is 9.89 Å². The predicted octanol–water partition coefficient (Wildman–Crippen LogP) is 4.95. The van der Waals surface area contributed by atoms with Crippen molar-refractivity contribution in [3.8, 4) is 0 Å². The first kappa shape index (κ1) is 25.5. The van der Waals surface area contributed by atoms with Gasteiger partial charge >= 0.3 is 0 Å². The van der Waals surface area contributed by atoms with Gasteiger partial charge in [0, 0.05) is 44.3 Å². The maximum absolute atomic E-state index is 6.17. The summed E-state index contributed by atoms with van der Waals surface area (Å²) in [6.45, 7) is 12.5. The van der Waals surface area contributed by atoms with Crippen LogP contribution in [0.15, 0.2) is 46.1 Å². The summed E-state index contributed by atoms with van der Waals surface area (Å²) in [6, 6.07) is 8.84. The summed E-state index contributed by atoms with van der Waals surface area (Å²) in [6.07, 6.45) is 9.57. The molecule has 7 nitrogen and oxygen atoms in total. The highest BCUT2D eigenvalue weighted by atomic mass is 16.3. The summed E-state index contributed by atoms with van der Waals surface area (Å²) in [5, 5.41) is 1.20. The molecule has 1 aromatic carbocycles. The number of furan rings is 1. The molecule has 0 amide bonds. The lowest BCUT2D eigenvalue weighted by atomic mass is 10.1. The van der Waals surface area contributed by atoms with Gasteiger partial charge in [-0.15, -0.1) is 0 Å². The number of imidazole rings is 1. The molecule has 4 rings (SSSR count). The monoisotopic (exact) mass is 478 g/mol. The van der Waals surface area contributed by atoms with Gasteiger partial charge in [0.15, 0.2) is 0 Å². The zero-order valence-corrected chi connectivity index (χ0v) is 21.8. The molecule has 1 aliphatic rings. The van der Waals surface area contributed by atoms with E-state index in [0.29, 0.717) is 0 Å². The minimum Gasteiger partial charge on any atom is -0.461 e. The molecule has 0 bridgehead atoms. The number of H-pyrrole nitrogens is 1. The molecule has 0 aliphatic carbocycles. The Morgan fingerprint density at radius 3 is 2.57 bits per heavy atom. The Labute approximate surface area is 210 Å². The summed E-state index contributed by atoms with van der Waals surface area (Å²) in [7, 11) is 2.13. The lowest BCUT2D eigenvalue weighted by Crippen LogP contribution is -2.36. The number of rotatable bonds is 15. The Morgan fingerprint density at radius 2 is 1.86 bits per heavy atom. The molecule has 7 heteroatoms. The highest BCUT2D eigenvalue weighted by molar-refractivity contribution is 5.85. The zero-order chi connectivity index (χ0) is 24.5. The summed E-state index contributed by atoms with van der Waals surface area (Å²) in [4.78, 5) is 19.6. The van der Waals surface area contributed by atoms with E-state index in [0.717, 1.165) is 62.1 Å². The van der Waals surface area contributed by atoms with Gasteiger partial charge < -0.3 is 19.2 Å². The van der Waals surface area contributed by atoms with Crippen molar-refractivity contribution in [3.63, 3.8) is 0 Å². The number of unbranched alkanes of at least 4 members (excludes halogenated alkanes) is 1. The standard InChI is InChI=1S/C28H42N6O/c1-4-14-33(15-5-2)16-7-6-8-25-19-24-18-23(9-10-26(24)35-25)20-34(21-27-29-11-12-30-27)22-28-31-13-17-32(28)3/h9-12,18-19H,4-8,13-17,20-22H2,1-3H3,(H,29,30). The number of fused-ring (bicyclic) bond motifs is 1. The van der Waals surface area contributed by atoms with Crippen LogP contribution in [0.1, 0.15) is 56.7 Å². The van der Waals surface area contributed by atoms with E-state index in [4.69, 9.17) is 9.41 Å². The molecule has 0 spiro atoms. The fourth-order valence-corrected chi connectivity index (χ4v) is 4.94. The van der Waals surface area contributed by atoms with E-state index in [1.54, 1.807) is 0 Å². The van der Waals surface area contributed by atoms with Crippen LogP contribution in [0.4, 0.5) is 0 Å². The van der Waals surface area contributed by atoms with Gasteiger partial charge in [0.2, 0.25) is 0 Å². The third-order valence-corrected chi connectivity index (χ3v) is 6.73. The van der Waals surface area contributed by atoms with Crippen molar-refractivity contribution in [3.05, 3.63) is 53.8 Å². The van der Waals surface area contributed by atoms with E-state index in [1.165, 1.54) is 56.3 Å². The summed E-state index contributed by atoms with van der Waals surface area (Å²) >= 11 is 0. The van der Waals surface area contributed by atoms with E-state index in [-0.39, 0.29) is 0 Å². The van der Waals surface area contributed by atoms with Crippen molar-refractivity contribution >= 4 is 16.8 Å². The lowest BCUT2D eigenvalue weighted by molar-refractivity contribution is 0.268. The second kappa shape index (κ2) is 12.9. The summed E-state index contributed by atoms with van der Waals surface area (Å²) in [5.74, 6) is 3.23. The third kappa shape index (κ3) is 7.42. The van der Waals surface area contributed by atoms with Crippen LogP contribution < -0.4 is 0 Å². The van der Waals surface area contributed by atoms with E-state index in [1.807, 2.05) is 12.4 Å². The molecule has 190 valence electrons. The average Bonchev–Trinajstić information content (AvgIpc) is 3.59. The van der Waals surface area contributed by atoms with Crippen molar-refractivity contribution < 1.29 is 4.42 Å². The Morgan fingerprint density at radius 1 is 1.00 bits per heavy atom. The average molecular weight is 479 g/mol. The fourth-order valence-electron chi connectivity index (χ4n) is 4.94. The summed E-state index contributed by atoms with van der Waals surface area (Å²) < 4.78 is 6.17. The molecule has 2 aromatic heterocycles. The second-order valence-corrected chi connectivity index (χ2v) is 9.78. The quantitative estimate of drug-likeness (QED) is 0.313. The SMILES string of the molecule is CCCN(CCC)CCCCc1cc2cc(CN(CC3=NCCN3C)Cc3ncc[nH]3)ccc2o1. The molecular formula is C28H42N6O. The smallest absolute Gasteiger partial charge is 0.134 e. The number of benzene rings is 1. The zero-order valence-electron chi connectivity index (χ0n) is 21.8. The number of aryl methyl sites for hydroxylation is 1. The van der Waals surface area contributed by atoms with Crippen molar-refractivity contribution in [1.29, 1.82) is 0 Å². The number of hydrogen-bond donors (Lipinski definition) is 1. The maximum atomic E-state index is 6.17. The Kier molecular flexibility index (Phi) is 9.37. The minimum atomic E-state index is 0.765. The van der Waals surface area contributed by atoms with Gasteiger partial charge in [-0.2, -0.15) is 0 Å². The van der Waals surface area contributed by atoms with Crippen LogP contribution in [0.5, 0.6) is 0 Å². The molecular weight excluding hydrogens is 436 g/mol. The van der Waals surface area contributed by atoms with Crippen LogP contribution in [0.3, 0.4) is 0 Å². The van der Waals surface area contributed by atoms with Crippen LogP contribution in [0, 0.1) is 0 Å². The fraction of sp³-hybridized carbons (Fsp3) is 0.571. The van der Waals surface area contributed by atoms with Crippen molar-refractivity contribution in [2.75, 3.05) is 46.3 Å². The molecule has 3 aromatic rings. The topological polar surface area (TPSA) is 63.9 Å². The number of nitrogens with zero attached hydrogens (tertiary/aromatic N) is 5. The lowest BCUT2D eigenvalue weighted by Gasteiger charge is -2.24. The largest absolute Gasteiger partial charge is 0.461 e. The van der Waals surface area contributed by atoms with Crippen LogP contribution in [-0.2, 0) is 19.5 Å². The molecule has 0 saturated carbocycles. The van der Waals surface area contributed by atoms with E-state index in [9.17, 15) is 0 Å². The molecule has 3 heterocycles. The molecule has 35 heavy (non-hydrogen) atoms. The first-order valence-electron chi connectivity index (χ1n) is 13.3. The maximum Gasteiger partial charge on any atom is 0.134 e. The number of nitrogens with one attached hydrogen (secondary N) is 1. The van der Waals surface area contributed by atoms with Crippen LogP contribution in [0.2, 0.25) is 0 Å². The minimum absolute atomic E-state index is 0.765. The molecule has 0 unspecified atom stereocenters. The molecule has 0 fully saturated rings. The van der Waals surface area contributed by atoms with Crippen LogP contribution in [0.25, 0.3) is 11.0 Å². The molecule has 0 atom stereocenters. The predicted molar refractivity (Wildman–Crippen MR) is 144 cm³/mol. The number of aromatic amines is 1. The van der Waals surface area contributed by atoms with Crippen molar-refractivity contribution in [2.24, 2.45) is 4.99 Å². The van der Waals surface area contributed by atoms with E-state index < -0.39 is 0 Å². The van der Waals surface area contributed by atoms with Crippen LogP contribution in [-0.4, -0.2) is 76.8 Å². The molecule has 1 aliphatic heterocycles.